The Morgan fingerprint density at radius 3 is 2.91 bits per heavy atom. The lowest BCUT2D eigenvalue weighted by Gasteiger charge is -2.49. The molecule has 0 saturated carbocycles. The second-order valence-corrected chi connectivity index (χ2v) is 8.95. The minimum absolute atomic E-state index is 0.0170. The third-order valence-corrected chi connectivity index (χ3v) is 6.94. The molecule has 8 heteroatoms. The molecule has 3 aromatic rings. The number of aromatic nitrogens is 3. The van der Waals surface area contributed by atoms with Crippen molar-refractivity contribution in [3.63, 3.8) is 0 Å². The van der Waals surface area contributed by atoms with Gasteiger partial charge >= 0.3 is 0 Å². The van der Waals surface area contributed by atoms with Crippen molar-refractivity contribution >= 4 is 5.91 Å². The maximum atomic E-state index is 13.0. The Balaban J connectivity index is 1.19. The van der Waals surface area contributed by atoms with Crippen LogP contribution in [-0.2, 0) is 17.9 Å². The SMILES string of the molecule is COc1ccccc1CNC(=O)[C@H]1CN2CCC1C[C@@H]2Cn1cc(-c2cccc(O)c2)nn1. The molecule has 2 N–H and O–H groups in total. The Hall–Kier alpha value is -3.39. The van der Waals surface area contributed by atoms with Crippen molar-refractivity contribution in [3.8, 4) is 22.8 Å². The number of amides is 1. The summed E-state index contributed by atoms with van der Waals surface area (Å²) in [5, 5.41) is 21.4. The number of phenols is 1. The van der Waals surface area contributed by atoms with E-state index in [0.29, 0.717) is 18.5 Å². The third kappa shape index (κ3) is 4.57. The van der Waals surface area contributed by atoms with E-state index in [1.807, 2.05) is 41.2 Å². The molecule has 4 atom stereocenters. The molecule has 0 radical (unpaired) electrons. The molecule has 2 bridgehead atoms. The van der Waals surface area contributed by atoms with Gasteiger partial charge in [-0.15, -0.1) is 5.10 Å². The van der Waals surface area contributed by atoms with Gasteiger partial charge in [-0.05, 0) is 43.5 Å². The molecule has 3 fully saturated rings. The minimum Gasteiger partial charge on any atom is -0.508 e. The van der Waals surface area contributed by atoms with Crippen LogP contribution >= 0.6 is 0 Å². The van der Waals surface area contributed by atoms with Crippen LogP contribution in [0.1, 0.15) is 18.4 Å². The van der Waals surface area contributed by atoms with Crippen LogP contribution < -0.4 is 10.1 Å². The molecule has 0 spiro atoms. The fourth-order valence-corrected chi connectivity index (χ4v) is 5.19. The van der Waals surface area contributed by atoms with E-state index in [-0.39, 0.29) is 17.6 Å². The molecular weight excluding hydrogens is 418 g/mol. The van der Waals surface area contributed by atoms with Gasteiger partial charge in [-0.25, -0.2) is 0 Å². The number of hydrogen-bond acceptors (Lipinski definition) is 6. The van der Waals surface area contributed by atoms with Gasteiger partial charge in [-0.2, -0.15) is 0 Å². The molecule has 3 aliphatic heterocycles. The molecule has 8 nitrogen and oxygen atoms in total. The summed E-state index contributed by atoms with van der Waals surface area (Å²) in [6, 6.07) is 15.2. The predicted molar refractivity (Wildman–Crippen MR) is 124 cm³/mol. The van der Waals surface area contributed by atoms with Crippen LogP contribution in [0.2, 0.25) is 0 Å². The van der Waals surface area contributed by atoms with Gasteiger partial charge in [0.25, 0.3) is 0 Å². The van der Waals surface area contributed by atoms with Crippen molar-refractivity contribution in [1.82, 2.24) is 25.2 Å². The maximum Gasteiger partial charge on any atom is 0.224 e. The standard InChI is InChI=1S/C25H29N5O3/c1-33-24-8-3-2-5-19(24)13-26-25(32)22-15-29-10-9-17(22)11-20(29)14-30-16-23(27-28-30)18-6-4-7-21(31)12-18/h2-8,12,16-17,20,22,31H,9-11,13-15H2,1H3,(H,26,32)/t17?,20-,22+/m1/s1. The number of nitrogens with zero attached hydrogens (tertiary/aromatic N) is 4. The molecule has 6 rings (SSSR count). The van der Waals surface area contributed by atoms with E-state index in [0.717, 1.165) is 55.0 Å². The fraction of sp³-hybridized carbons (Fsp3) is 0.400. The second kappa shape index (κ2) is 9.23. The molecule has 33 heavy (non-hydrogen) atoms. The van der Waals surface area contributed by atoms with Crippen LogP contribution in [0.5, 0.6) is 11.5 Å². The minimum atomic E-state index is 0.0170. The normalized spacial score (nSPS) is 23.9. The van der Waals surface area contributed by atoms with Gasteiger partial charge in [0, 0.05) is 30.3 Å². The highest BCUT2D eigenvalue weighted by molar-refractivity contribution is 5.79. The van der Waals surface area contributed by atoms with Crippen LogP contribution in [0, 0.1) is 11.8 Å². The van der Waals surface area contributed by atoms with Gasteiger partial charge in [0.2, 0.25) is 5.91 Å². The van der Waals surface area contributed by atoms with Gasteiger partial charge < -0.3 is 15.2 Å². The molecule has 1 aromatic heterocycles. The number of carbonyl (C=O) groups excluding carboxylic acids is 1. The molecule has 3 aliphatic rings. The van der Waals surface area contributed by atoms with E-state index < -0.39 is 0 Å². The molecular formula is C25H29N5O3. The Labute approximate surface area is 193 Å². The van der Waals surface area contributed by atoms with Crippen LogP contribution in [0.25, 0.3) is 11.3 Å². The number of ether oxygens (including phenoxy) is 1. The zero-order valence-corrected chi connectivity index (χ0v) is 18.7. The molecule has 0 aliphatic carbocycles. The summed E-state index contributed by atoms with van der Waals surface area (Å²) < 4.78 is 7.27. The fourth-order valence-electron chi connectivity index (χ4n) is 5.19. The summed E-state index contributed by atoms with van der Waals surface area (Å²) in [5.74, 6) is 1.54. The molecule has 3 saturated heterocycles. The third-order valence-electron chi connectivity index (χ3n) is 6.94. The summed E-state index contributed by atoms with van der Waals surface area (Å²) in [5.41, 5.74) is 2.58. The van der Waals surface area contributed by atoms with Gasteiger partial charge in [0.05, 0.1) is 25.8 Å². The van der Waals surface area contributed by atoms with Crippen molar-refractivity contribution in [2.45, 2.75) is 32.0 Å². The zero-order chi connectivity index (χ0) is 22.8. The molecule has 2 unspecified atom stereocenters. The topological polar surface area (TPSA) is 92.5 Å². The van der Waals surface area contributed by atoms with Crippen LogP contribution in [0.4, 0.5) is 0 Å². The van der Waals surface area contributed by atoms with Crippen molar-refractivity contribution < 1.29 is 14.6 Å². The van der Waals surface area contributed by atoms with Crippen molar-refractivity contribution in [3.05, 3.63) is 60.3 Å². The smallest absolute Gasteiger partial charge is 0.224 e. The van der Waals surface area contributed by atoms with E-state index in [4.69, 9.17) is 4.74 Å². The monoisotopic (exact) mass is 447 g/mol. The average molecular weight is 448 g/mol. The Morgan fingerprint density at radius 2 is 2.12 bits per heavy atom. The average Bonchev–Trinajstić information content (AvgIpc) is 3.31. The summed E-state index contributed by atoms with van der Waals surface area (Å²) >= 11 is 0. The van der Waals surface area contributed by atoms with Gasteiger partial charge in [-0.1, -0.05) is 35.5 Å². The summed E-state index contributed by atoms with van der Waals surface area (Å²) in [7, 11) is 1.65. The molecule has 2 aromatic carbocycles. The first kappa shape index (κ1) is 21.5. The molecule has 172 valence electrons. The first-order chi connectivity index (χ1) is 16.1. The summed E-state index contributed by atoms with van der Waals surface area (Å²) in [6.45, 7) is 3.02. The number of para-hydroxylation sites is 1. The van der Waals surface area contributed by atoms with Crippen molar-refractivity contribution in [1.29, 1.82) is 0 Å². The lowest BCUT2D eigenvalue weighted by atomic mass is 9.75. The van der Waals surface area contributed by atoms with Crippen molar-refractivity contribution in [2.24, 2.45) is 11.8 Å². The van der Waals surface area contributed by atoms with Gasteiger partial charge in [-0.3, -0.25) is 14.4 Å². The number of methoxy groups -OCH3 is 1. The van der Waals surface area contributed by atoms with Crippen LogP contribution in [0.3, 0.4) is 0 Å². The number of rotatable bonds is 7. The van der Waals surface area contributed by atoms with Crippen LogP contribution in [-0.4, -0.2) is 57.1 Å². The number of carbonyl (C=O) groups is 1. The number of piperidine rings is 3. The second-order valence-electron chi connectivity index (χ2n) is 8.95. The number of benzene rings is 2. The van der Waals surface area contributed by atoms with E-state index in [9.17, 15) is 9.90 Å². The predicted octanol–water partition coefficient (Wildman–Crippen LogP) is 2.69. The summed E-state index contributed by atoms with van der Waals surface area (Å²) in [6.07, 6.45) is 3.96. The molecule has 1 amide bonds. The quantitative estimate of drug-likeness (QED) is 0.579. The highest BCUT2D eigenvalue weighted by Gasteiger charge is 2.43. The Morgan fingerprint density at radius 1 is 1.24 bits per heavy atom. The summed E-state index contributed by atoms with van der Waals surface area (Å²) in [4.78, 5) is 15.4. The lowest BCUT2D eigenvalue weighted by molar-refractivity contribution is -0.133. The maximum absolute atomic E-state index is 13.0. The first-order valence-electron chi connectivity index (χ1n) is 11.4. The highest BCUT2D eigenvalue weighted by Crippen LogP contribution is 2.37. The lowest BCUT2D eigenvalue weighted by Crippen LogP contribution is -2.58. The van der Waals surface area contributed by atoms with E-state index in [1.54, 1.807) is 25.3 Å². The zero-order valence-electron chi connectivity index (χ0n) is 18.7. The van der Waals surface area contributed by atoms with Gasteiger partial charge in [0.15, 0.2) is 0 Å². The van der Waals surface area contributed by atoms with Crippen LogP contribution in [0.15, 0.2) is 54.7 Å². The Kier molecular flexibility index (Phi) is 6.00. The highest BCUT2D eigenvalue weighted by atomic mass is 16.5. The number of phenolic OH excluding ortho intramolecular Hbond substituents is 1. The number of nitrogens with one attached hydrogen (secondary N) is 1. The number of fused-ring (bicyclic) bond motifs is 3. The van der Waals surface area contributed by atoms with E-state index >= 15 is 0 Å². The van der Waals surface area contributed by atoms with E-state index in [1.165, 1.54) is 0 Å². The number of hydrogen-bond donors (Lipinski definition) is 2. The number of aromatic hydroxyl groups is 1. The van der Waals surface area contributed by atoms with E-state index in [2.05, 4.69) is 20.5 Å². The first-order valence-corrected chi connectivity index (χ1v) is 11.4. The largest absolute Gasteiger partial charge is 0.508 e. The Bertz CT molecular complexity index is 1130. The van der Waals surface area contributed by atoms with Crippen molar-refractivity contribution in [2.75, 3.05) is 20.2 Å². The van der Waals surface area contributed by atoms with Gasteiger partial charge in [0.1, 0.15) is 17.2 Å². The molecule has 4 heterocycles.